The van der Waals surface area contributed by atoms with Gasteiger partial charge in [0.2, 0.25) is 10.0 Å². The summed E-state index contributed by atoms with van der Waals surface area (Å²) >= 11 is 0. The smallest absolute Gasteiger partial charge is 0.257 e. The molecule has 7 nitrogen and oxygen atoms in total. The first kappa shape index (κ1) is 24.5. The molecular weight excluding hydrogens is 450 g/mol. The number of carbonyl (C=O) groups is 1. The van der Waals surface area contributed by atoms with E-state index in [2.05, 4.69) is 36.9 Å². The molecule has 0 atom stereocenters. The van der Waals surface area contributed by atoms with E-state index in [0.29, 0.717) is 37.5 Å². The zero-order chi connectivity index (χ0) is 24.3. The van der Waals surface area contributed by atoms with Gasteiger partial charge in [0.25, 0.3) is 5.91 Å². The third-order valence-electron chi connectivity index (χ3n) is 7.09. The van der Waals surface area contributed by atoms with Crippen molar-refractivity contribution in [1.29, 1.82) is 0 Å². The maximum Gasteiger partial charge on any atom is 0.257 e. The van der Waals surface area contributed by atoms with Crippen LogP contribution in [0.25, 0.3) is 0 Å². The van der Waals surface area contributed by atoms with Crippen molar-refractivity contribution in [2.24, 2.45) is 0 Å². The highest BCUT2D eigenvalue weighted by atomic mass is 32.2. The first-order valence-corrected chi connectivity index (χ1v) is 13.6. The summed E-state index contributed by atoms with van der Waals surface area (Å²) in [6, 6.07) is 10.9. The van der Waals surface area contributed by atoms with Crippen LogP contribution in [0.2, 0.25) is 0 Å². The van der Waals surface area contributed by atoms with Crippen LogP contribution in [-0.4, -0.2) is 69.9 Å². The summed E-state index contributed by atoms with van der Waals surface area (Å²) in [6.07, 6.45) is 3.83. The van der Waals surface area contributed by atoms with E-state index >= 15 is 0 Å². The molecule has 2 aromatic rings. The largest absolute Gasteiger partial charge is 0.496 e. The molecule has 2 aliphatic rings. The van der Waals surface area contributed by atoms with Crippen LogP contribution in [0.5, 0.6) is 5.75 Å². The van der Waals surface area contributed by atoms with Crippen molar-refractivity contribution < 1.29 is 17.9 Å². The predicted octanol–water partition coefficient (Wildman–Crippen LogP) is 3.84. The SMILES string of the molecule is COc1ccc(S(=O)(=O)N2CCCCCC2)cc1C(=O)N1CCN(c2cccc(C)c2C)CC1. The Morgan fingerprint density at radius 3 is 2.21 bits per heavy atom. The third-order valence-corrected chi connectivity index (χ3v) is 8.98. The van der Waals surface area contributed by atoms with Crippen LogP contribution >= 0.6 is 0 Å². The average molecular weight is 486 g/mol. The van der Waals surface area contributed by atoms with Gasteiger partial charge in [0, 0.05) is 45.0 Å². The summed E-state index contributed by atoms with van der Waals surface area (Å²) in [4.78, 5) is 17.7. The van der Waals surface area contributed by atoms with Crippen LogP contribution in [0.15, 0.2) is 41.3 Å². The highest BCUT2D eigenvalue weighted by Crippen LogP contribution is 2.29. The molecule has 2 aliphatic heterocycles. The van der Waals surface area contributed by atoms with E-state index in [4.69, 9.17) is 4.74 Å². The monoisotopic (exact) mass is 485 g/mol. The third kappa shape index (κ3) is 4.93. The van der Waals surface area contributed by atoms with Crippen LogP contribution in [0.1, 0.15) is 47.2 Å². The number of aryl methyl sites for hydroxylation is 1. The Balaban J connectivity index is 1.53. The van der Waals surface area contributed by atoms with Crippen molar-refractivity contribution in [3.8, 4) is 5.75 Å². The molecule has 2 aromatic carbocycles. The number of anilines is 1. The molecule has 0 unspecified atom stereocenters. The van der Waals surface area contributed by atoms with E-state index in [0.717, 1.165) is 38.8 Å². The van der Waals surface area contributed by atoms with E-state index in [-0.39, 0.29) is 10.8 Å². The van der Waals surface area contributed by atoms with Gasteiger partial charge >= 0.3 is 0 Å². The minimum absolute atomic E-state index is 0.160. The number of amides is 1. The fourth-order valence-corrected chi connectivity index (χ4v) is 6.39. The topological polar surface area (TPSA) is 70.2 Å². The fraction of sp³-hybridized carbons (Fsp3) is 0.500. The van der Waals surface area contributed by atoms with E-state index in [1.54, 1.807) is 21.3 Å². The van der Waals surface area contributed by atoms with Gasteiger partial charge in [-0.3, -0.25) is 4.79 Å². The summed E-state index contributed by atoms with van der Waals surface area (Å²) in [5.74, 6) is 0.210. The van der Waals surface area contributed by atoms with Gasteiger partial charge in [-0.15, -0.1) is 0 Å². The summed E-state index contributed by atoms with van der Waals surface area (Å²) in [5.41, 5.74) is 4.02. The second-order valence-corrected chi connectivity index (χ2v) is 11.1. The molecule has 4 rings (SSSR count). The van der Waals surface area contributed by atoms with Crippen molar-refractivity contribution in [2.45, 2.75) is 44.4 Å². The Morgan fingerprint density at radius 1 is 0.882 bits per heavy atom. The molecule has 0 bridgehead atoms. The van der Waals surface area contributed by atoms with E-state index in [9.17, 15) is 13.2 Å². The number of ether oxygens (including phenoxy) is 1. The Bertz CT molecular complexity index is 1130. The quantitative estimate of drug-likeness (QED) is 0.644. The number of methoxy groups -OCH3 is 1. The van der Waals surface area contributed by atoms with Gasteiger partial charge in [0.15, 0.2) is 0 Å². The number of hydrogen-bond donors (Lipinski definition) is 0. The highest BCUT2D eigenvalue weighted by Gasteiger charge is 2.29. The molecule has 2 saturated heterocycles. The van der Waals surface area contributed by atoms with Gasteiger partial charge < -0.3 is 14.5 Å². The van der Waals surface area contributed by atoms with Crippen molar-refractivity contribution in [3.63, 3.8) is 0 Å². The van der Waals surface area contributed by atoms with Gasteiger partial charge in [0.1, 0.15) is 5.75 Å². The highest BCUT2D eigenvalue weighted by molar-refractivity contribution is 7.89. The van der Waals surface area contributed by atoms with Crippen molar-refractivity contribution in [2.75, 3.05) is 51.3 Å². The number of nitrogens with zero attached hydrogens (tertiary/aromatic N) is 3. The summed E-state index contributed by atoms with van der Waals surface area (Å²) in [7, 11) is -2.14. The number of rotatable bonds is 5. The Morgan fingerprint density at radius 2 is 1.56 bits per heavy atom. The molecule has 0 aromatic heterocycles. The number of piperazine rings is 1. The molecule has 184 valence electrons. The molecule has 1 amide bonds. The summed E-state index contributed by atoms with van der Waals surface area (Å²) in [5, 5.41) is 0. The zero-order valence-electron chi connectivity index (χ0n) is 20.4. The lowest BCUT2D eigenvalue weighted by atomic mass is 10.1. The number of benzene rings is 2. The first-order chi connectivity index (χ1) is 16.3. The summed E-state index contributed by atoms with van der Waals surface area (Å²) < 4.78 is 33.6. The Hall–Kier alpha value is -2.58. The minimum atomic E-state index is -3.65. The molecule has 0 N–H and O–H groups in total. The standard InChI is InChI=1S/C26H35N3O4S/c1-20-9-8-10-24(21(20)2)27-15-17-28(18-16-27)26(30)23-19-22(11-12-25(23)33-3)34(31,32)29-13-6-4-5-7-14-29/h8-12,19H,4-7,13-18H2,1-3H3. The molecule has 0 saturated carbocycles. The molecule has 0 aliphatic carbocycles. The van der Waals surface area contributed by atoms with E-state index in [1.807, 2.05) is 0 Å². The number of hydrogen-bond acceptors (Lipinski definition) is 5. The maximum absolute atomic E-state index is 13.5. The zero-order valence-corrected chi connectivity index (χ0v) is 21.2. The van der Waals surface area contributed by atoms with Crippen LogP contribution in [0.3, 0.4) is 0 Å². The molecule has 0 radical (unpaired) electrons. The van der Waals surface area contributed by atoms with Crippen LogP contribution < -0.4 is 9.64 Å². The Kier molecular flexibility index (Phi) is 7.48. The normalized spacial score (nSPS) is 18.0. The Labute approximate surface area is 203 Å². The first-order valence-electron chi connectivity index (χ1n) is 12.1. The maximum atomic E-state index is 13.5. The molecule has 0 spiro atoms. The molecule has 2 heterocycles. The number of sulfonamides is 1. The second-order valence-electron chi connectivity index (χ2n) is 9.18. The lowest BCUT2D eigenvalue weighted by molar-refractivity contribution is 0.0743. The van der Waals surface area contributed by atoms with Crippen LogP contribution in [0, 0.1) is 13.8 Å². The van der Waals surface area contributed by atoms with Crippen LogP contribution in [0.4, 0.5) is 5.69 Å². The second kappa shape index (κ2) is 10.4. The van der Waals surface area contributed by atoms with E-state index < -0.39 is 10.0 Å². The fourth-order valence-electron chi connectivity index (χ4n) is 4.84. The minimum Gasteiger partial charge on any atom is -0.496 e. The summed E-state index contributed by atoms with van der Waals surface area (Å²) in [6.45, 7) is 7.88. The molecule has 34 heavy (non-hydrogen) atoms. The lowest BCUT2D eigenvalue weighted by Crippen LogP contribution is -2.49. The van der Waals surface area contributed by atoms with Gasteiger partial charge in [-0.25, -0.2) is 8.42 Å². The van der Waals surface area contributed by atoms with Gasteiger partial charge in [0.05, 0.1) is 17.6 Å². The van der Waals surface area contributed by atoms with Crippen molar-refractivity contribution in [1.82, 2.24) is 9.21 Å². The lowest BCUT2D eigenvalue weighted by Gasteiger charge is -2.37. The molecule has 8 heteroatoms. The van der Waals surface area contributed by atoms with Crippen LogP contribution in [-0.2, 0) is 10.0 Å². The van der Waals surface area contributed by atoms with Crippen molar-refractivity contribution >= 4 is 21.6 Å². The number of carbonyl (C=O) groups excluding carboxylic acids is 1. The average Bonchev–Trinajstić information content (AvgIpc) is 3.15. The van der Waals surface area contributed by atoms with Gasteiger partial charge in [-0.05, 0) is 62.1 Å². The van der Waals surface area contributed by atoms with Gasteiger partial charge in [-0.1, -0.05) is 25.0 Å². The van der Waals surface area contributed by atoms with Crippen molar-refractivity contribution in [3.05, 3.63) is 53.1 Å². The molecular formula is C26H35N3O4S. The van der Waals surface area contributed by atoms with Gasteiger partial charge in [-0.2, -0.15) is 4.31 Å². The molecule has 2 fully saturated rings. The predicted molar refractivity (Wildman–Crippen MR) is 134 cm³/mol. The van der Waals surface area contributed by atoms with E-state index in [1.165, 1.54) is 30.0 Å².